The molecule has 1 aliphatic rings. The summed E-state index contributed by atoms with van der Waals surface area (Å²) >= 11 is 0. The number of rotatable bonds is 3. The Hall–Kier alpha value is -1.76. The van der Waals surface area contributed by atoms with Crippen molar-refractivity contribution in [3.8, 4) is 5.75 Å². The molecule has 4 nitrogen and oxygen atoms in total. The lowest BCUT2D eigenvalue weighted by Gasteiger charge is -2.10. The molecular weight excluding hydrogens is 275 g/mol. The summed E-state index contributed by atoms with van der Waals surface area (Å²) in [4.78, 5) is 8.90. The second-order valence-corrected chi connectivity index (χ2v) is 4.29. The molecule has 2 N–H and O–H groups in total. The first-order valence-electron chi connectivity index (χ1n) is 6.08. The third-order valence-electron chi connectivity index (χ3n) is 2.63. The van der Waals surface area contributed by atoms with Crippen LogP contribution in [0.15, 0.2) is 30.3 Å². The molecule has 1 aliphatic heterocycles. The molecule has 0 saturated carbocycles. The van der Waals surface area contributed by atoms with Gasteiger partial charge in [-0.25, -0.2) is 4.79 Å². The highest BCUT2D eigenvalue weighted by Crippen LogP contribution is 2.13. The molecule has 7 heteroatoms. The molecule has 1 aromatic rings. The van der Waals surface area contributed by atoms with Crippen molar-refractivity contribution in [1.82, 2.24) is 5.32 Å². The molecule has 1 aromatic carbocycles. The number of aliphatic carboxylic acids is 1. The number of alkyl halides is 3. The Balaban J connectivity index is 0.000000246. The predicted molar refractivity (Wildman–Crippen MR) is 66.6 cm³/mol. The van der Waals surface area contributed by atoms with Crippen LogP contribution >= 0.6 is 0 Å². The van der Waals surface area contributed by atoms with Crippen molar-refractivity contribution in [3.63, 3.8) is 0 Å². The van der Waals surface area contributed by atoms with E-state index < -0.39 is 12.1 Å². The molecule has 0 radical (unpaired) electrons. The van der Waals surface area contributed by atoms with Gasteiger partial charge in [-0.1, -0.05) is 18.2 Å². The molecule has 0 spiro atoms. The number of hydrogen-bond donors (Lipinski definition) is 2. The highest BCUT2D eigenvalue weighted by atomic mass is 19.4. The zero-order valence-electron chi connectivity index (χ0n) is 10.7. The maximum Gasteiger partial charge on any atom is 0.490 e. The Morgan fingerprint density at radius 1 is 1.35 bits per heavy atom. The van der Waals surface area contributed by atoms with Crippen LogP contribution in [0.2, 0.25) is 0 Å². The Labute approximate surface area is 114 Å². The smallest absolute Gasteiger partial charge is 0.490 e. The van der Waals surface area contributed by atoms with Crippen LogP contribution < -0.4 is 10.1 Å². The Morgan fingerprint density at radius 2 is 1.95 bits per heavy atom. The van der Waals surface area contributed by atoms with E-state index in [2.05, 4.69) is 5.32 Å². The number of para-hydroxylation sites is 1. The van der Waals surface area contributed by atoms with Gasteiger partial charge in [0, 0.05) is 12.5 Å². The molecule has 0 bridgehead atoms. The van der Waals surface area contributed by atoms with Crippen LogP contribution in [0, 0.1) is 5.92 Å². The maximum absolute atomic E-state index is 10.6. The number of halogens is 3. The van der Waals surface area contributed by atoms with Crippen LogP contribution in [-0.2, 0) is 4.79 Å². The molecule has 2 rings (SSSR count). The number of benzene rings is 1. The van der Waals surface area contributed by atoms with Crippen molar-refractivity contribution in [3.05, 3.63) is 30.3 Å². The van der Waals surface area contributed by atoms with Crippen molar-refractivity contribution in [2.45, 2.75) is 12.6 Å². The SMILES string of the molecule is O=C(O)C(F)(F)F.c1ccc(OCC2CCNC2)cc1. The van der Waals surface area contributed by atoms with Crippen LogP contribution in [0.4, 0.5) is 13.2 Å². The highest BCUT2D eigenvalue weighted by molar-refractivity contribution is 5.73. The van der Waals surface area contributed by atoms with Gasteiger partial charge in [-0.2, -0.15) is 13.2 Å². The summed E-state index contributed by atoms with van der Waals surface area (Å²) in [7, 11) is 0. The lowest BCUT2D eigenvalue weighted by Crippen LogP contribution is -2.21. The summed E-state index contributed by atoms with van der Waals surface area (Å²) in [5, 5.41) is 10.5. The van der Waals surface area contributed by atoms with Gasteiger partial charge in [0.1, 0.15) is 5.75 Å². The second-order valence-electron chi connectivity index (χ2n) is 4.29. The van der Waals surface area contributed by atoms with E-state index in [0.29, 0.717) is 5.92 Å². The molecule has 1 unspecified atom stereocenters. The summed E-state index contributed by atoms with van der Waals surface area (Å²) in [6, 6.07) is 10.0. The fourth-order valence-corrected chi connectivity index (χ4v) is 1.59. The van der Waals surface area contributed by atoms with E-state index >= 15 is 0 Å². The van der Waals surface area contributed by atoms with Gasteiger partial charge in [-0.3, -0.25) is 0 Å². The quantitative estimate of drug-likeness (QED) is 0.897. The van der Waals surface area contributed by atoms with Gasteiger partial charge < -0.3 is 15.2 Å². The summed E-state index contributed by atoms with van der Waals surface area (Å²) in [5.41, 5.74) is 0. The fraction of sp³-hybridized carbons (Fsp3) is 0.462. The molecule has 1 atom stereocenters. The summed E-state index contributed by atoms with van der Waals surface area (Å²) in [5.74, 6) is -1.08. The summed E-state index contributed by atoms with van der Waals surface area (Å²) in [6.45, 7) is 3.09. The average molecular weight is 291 g/mol. The van der Waals surface area contributed by atoms with Gasteiger partial charge in [0.15, 0.2) is 0 Å². The van der Waals surface area contributed by atoms with Crippen molar-refractivity contribution in [2.75, 3.05) is 19.7 Å². The van der Waals surface area contributed by atoms with Crippen molar-refractivity contribution in [1.29, 1.82) is 0 Å². The number of nitrogens with one attached hydrogen (secondary N) is 1. The van der Waals surface area contributed by atoms with Gasteiger partial charge in [-0.15, -0.1) is 0 Å². The monoisotopic (exact) mass is 291 g/mol. The predicted octanol–water partition coefficient (Wildman–Crippen LogP) is 2.31. The Bertz CT molecular complexity index is 403. The number of carboxylic acids is 1. The van der Waals surface area contributed by atoms with Gasteiger partial charge in [0.2, 0.25) is 0 Å². The van der Waals surface area contributed by atoms with Crippen molar-refractivity contribution < 1.29 is 27.8 Å². The number of carbonyl (C=O) groups is 1. The minimum atomic E-state index is -5.08. The second kappa shape index (κ2) is 7.74. The Morgan fingerprint density at radius 3 is 2.40 bits per heavy atom. The minimum Gasteiger partial charge on any atom is -0.493 e. The molecule has 112 valence electrons. The third-order valence-corrected chi connectivity index (χ3v) is 2.63. The standard InChI is InChI=1S/C11H15NO.C2HF3O2/c1-2-4-11(5-3-1)13-9-10-6-7-12-8-10;3-2(4,5)1(6)7/h1-5,10,12H,6-9H2;(H,6,7). The van der Waals surface area contributed by atoms with Gasteiger partial charge in [0.25, 0.3) is 0 Å². The van der Waals surface area contributed by atoms with Crippen LogP contribution in [0.25, 0.3) is 0 Å². The molecular formula is C13H16F3NO3. The lowest BCUT2D eigenvalue weighted by molar-refractivity contribution is -0.192. The highest BCUT2D eigenvalue weighted by Gasteiger charge is 2.38. The summed E-state index contributed by atoms with van der Waals surface area (Å²) in [6.07, 6.45) is -3.84. The van der Waals surface area contributed by atoms with E-state index in [4.69, 9.17) is 14.6 Å². The van der Waals surface area contributed by atoms with Gasteiger partial charge >= 0.3 is 12.1 Å². The Kier molecular flexibility index (Phi) is 6.30. The topological polar surface area (TPSA) is 58.6 Å². The van der Waals surface area contributed by atoms with Crippen LogP contribution in [0.3, 0.4) is 0 Å². The van der Waals surface area contributed by atoms with Crippen LogP contribution in [0.5, 0.6) is 5.75 Å². The zero-order valence-corrected chi connectivity index (χ0v) is 10.7. The molecule has 0 aromatic heterocycles. The molecule has 1 heterocycles. The van der Waals surface area contributed by atoms with E-state index in [0.717, 1.165) is 25.4 Å². The lowest BCUT2D eigenvalue weighted by atomic mass is 10.1. The molecule has 20 heavy (non-hydrogen) atoms. The third kappa shape index (κ3) is 6.42. The maximum atomic E-state index is 10.6. The number of ether oxygens (including phenoxy) is 1. The first kappa shape index (κ1) is 16.3. The number of hydrogen-bond acceptors (Lipinski definition) is 3. The van der Waals surface area contributed by atoms with E-state index in [1.807, 2.05) is 30.3 Å². The van der Waals surface area contributed by atoms with E-state index in [1.165, 1.54) is 6.42 Å². The van der Waals surface area contributed by atoms with Crippen LogP contribution in [-0.4, -0.2) is 36.9 Å². The molecule has 1 saturated heterocycles. The fourth-order valence-electron chi connectivity index (χ4n) is 1.59. The summed E-state index contributed by atoms with van der Waals surface area (Å²) < 4.78 is 37.4. The van der Waals surface area contributed by atoms with Gasteiger partial charge in [0.05, 0.1) is 6.61 Å². The van der Waals surface area contributed by atoms with Crippen molar-refractivity contribution in [2.24, 2.45) is 5.92 Å². The van der Waals surface area contributed by atoms with E-state index in [-0.39, 0.29) is 0 Å². The first-order chi connectivity index (χ1) is 9.39. The molecule has 1 fully saturated rings. The van der Waals surface area contributed by atoms with Crippen LogP contribution in [0.1, 0.15) is 6.42 Å². The molecule has 0 aliphatic carbocycles. The minimum absolute atomic E-state index is 0.695. The van der Waals surface area contributed by atoms with Crippen molar-refractivity contribution >= 4 is 5.97 Å². The largest absolute Gasteiger partial charge is 0.493 e. The normalized spacial score (nSPS) is 18.1. The average Bonchev–Trinajstić information content (AvgIpc) is 2.90. The van der Waals surface area contributed by atoms with E-state index in [1.54, 1.807) is 0 Å². The van der Waals surface area contributed by atoms with E-state index in [9.17, 15) is 13.2 Å². The first-order valence-corrected chi connectivity index (χ1v) is 6.08. The molecule has 0 amide bonds. The van der Waals surface area contributed by atoms with Gasteiger partial charge in [-0.05, 0) is 25.1 Å². The number of carboxylic acid groups (broad SMARTS) is 1. The zero-order chi connectivity index (χ0) is 15.0.